The molecule has 0 aliphatic rings. The molecule has 0 spiro atoms. The van der Waals surface area contributed by atoms with E-state index in [1.54, 1.807) is 7.11 Å². The fourth-order valence-electron chi connectivity index (χ4n) is 2.01. The van der Waals surface area contributed by atoms with Gasteiger partial charge in [-0.3, -0.25) is 0 Å². The Balaban J connectivity index is 1.85. The van der Waals surface area contributed by atoms with Crippen molar-refractivity contribution in [2.45, 2.75) is 6.54 Å². The smallest absolute Gasteiger partial charge is 0.137 e. The number of methoxy groups -OCH3 is 1. The molecule has 0 saturated heterocycles. The van der Waals surface area contributed by atoms with Crippen molar-refractivity contribution in [2.75, 3.05) is 12.4 Å². The first-order valence-electron chi connectivity index (χ1n) is 6.16. The van der Waals surface area contributed by atoms with Crippen molar-refractivity contribution in [3.63, 3.8) is 0 Å². The number of benzene rings is 2. The minimum atomic E-state index is 0.580. The highest BCUT2D eigenvalue weighted by Gasteiger charge is 2.10. The predicted octanol–water partition coefficient (Wildman–Crippen LogP) is 4.62. The van der Waals surface area contributed by atoms with E-state index in [-0.39, 0.29) is 0 Å². The average Bonchev–Trinajstić information content (AvgIpc) is 2.95. The summed E-state index contributed by atoms with van der Waals surface area (Å²) in [5.41, 5.74) is 3.43. The van der Waals surface area contributed by atoms with Crippen LogP contribution in [0, 0.1) is 0 Å². The van der Waals surface area contributed by atoms with Crippen molar-refractivity contribution in [1.29, 1.82) is 0 Å². The number of fused-ring (bicyclic) bond motifs is 1. The summed E-state index contributed by atoms with van der Waals surface area (Å²) in [5, 5.41) is 4.50. The van der Waals surface area contributed by atoms with Gasteiger partial charge < -0.3 is 10.1 Å². The lowest BCUT2D eigenvalue weighted by molar-refractivity contribution is 0.415. The topological polar surface area (TPSA) is 47.0 Å². The largest absolute Gasteiger partial charge is 0.495 e. The molecule has 3 aromatic rings. The molecule has 0 saturated carbocycles. The maximum Gasteiger partial charge on any atom is 0.137 e. The SMILES string of the molecule is COc1ccc(CNc2c(Cl)ccc3nsnc23)cc1Cl. The summed E-state index contributed by atoms with van der Waals surface area (Å²) < 4.78 is 13.6. The number of ether oxygens (including phenoxy) is 1. The molecule has 1 aromatic heterocycles. The Hall–Kier alpha value is -1.56. The van der Waals surface area contributed by atoms with Crippen LogP contribution in [-0.4, -0.2) is 15.9 Å². The van der Waals surface area contributed by atoms with Gasteiger partial charge in [-0.1, -0.05) is 29.3 Å². The van der Waals surface area contributed by atoms with Gasteiger partial charge in [-0.2, -0.15) is 8.75 Å². The Morgan fingerprint density at radius 1 is 1.14 bits per heavy atom. The van der Waals surface area contributed by atoms with Crippen molar-refractivity contribution >= 4 is 51.7 Å². The summed E-state index contributed by atoms with van der Waals surface area (Å²) in [4.78, 5) is 0. The summed E-state index contributed by atoms with van der Waals surface area (Å²) in [6, 6.07) is 9.32. The van der Waals surface area contributed by atoms with Crippen molar-refractivity contribution < 1.29 is 4.74 Å². The molecule has 0 unspecified atom stereocenters. The van der Waals surface area contributed by atoms with Crippen molar-refractivity contribution in [3.05, 3.63) is 45.9 Å². The third-order valence-electron chi connectivity index (χ3n) is 3.06. The number of rotatable bonds is 4. The van der Waals surface area contributed by atoms with Crippen LogP contribution in [-0.2, 0) is 6.54 Å². The quantitative estimate of drug-likeness (QED) is 0.753. The van der Waals surface area contributed by atoms with Crippen molar-refractivity contribution in [3.8, 4) is 5.75 Å². The van der Waals surface area contributed by atoms with Gasteiger partial charge in [0.25, 0.3) is 0 Å². The lowest BCUT2D eigenvalue weighted by Gasteiger charge is -2.10. The van der Waals surface area contributed by atoms with Gasteiger partial charge in [0, 0.05) is 6.54 Å². The van der Waals surface area contributed by atoms with E-state index in [9.17, 15) is 0 Å². The Morgan fingerprint density at radius 2 is 2.00 bits per heavy atom. The van der Waals surface area contributed by atoms with Gasteiger partial charge in [0.15, 0.2) is 0 Å². The maximum absolute atomic E-state index is 6.23. The van der Waals surface area contributed by atoms with Crippen LogP contribution in [0.5, 0.6) is 5.75 Å². The molecule has 0 atom stereocenters. The summed E-state index contributed by atoms with van der Waals surface area (Å²) >= 11 is 13.5. The highest BCUT2D eigenvalue weighted by atomic mass is 35.5. The fraction of sp³-hybridized carbons (Fsp3) is 0.143. The molecular formula is C14H11Cl2N3OS. The van der Waals surface area contributed by atoms with Crippen LogP contribution in [0.1, 0.15) is 5.56 Å². The highest BCUT2D eigenvalue weighted by Crippen LogP contribution is 2.31. The van der Waals surface area contributed by atoms with E-state index in [0.717, 1.165) is 22.3 Å². The van der Waals surface area contributed by atoms with Gasteiger partial charge in [0.2, 0.25) is 0 Å². The highest BCUT2D eigenvalue weighted by molar-refractivity contribution is 7.00. The monoisotopic (exact) mass is 339 g/mol. The maximum atomic E-state index is 6.23. The molecule has 1 N–H and O–H groups in total. The first-order chi connectivity index (χ1) is 10.2. The molecule has 0 fully saturated rings. The lowest BCUT2D eigenvalue weighted by atomic mass is 10.2. The first kappa shape index (κ1) is 14.4. The Morgan fingerprint density at radius 3 is 2.76 bits per heavy atom. The second-order valence-electron chi connectivity index (χ2n) is 4.38. The van der Waals surface area contributed by atoms with E-state index in [2.05, 4.69) is 14.1 Å². The van der Waals surface area contributed by atoms with Crippen LogP contribution >= 0.6 is 34.9 Å². The van der Waals surface area contributed by atoms with Gasteiger partial charge in [-0.25, -0.2) is 0 Å². The minimum Gasteiger partial charge on any atom is -0.495 e. The molecule has 4 nitrogen and oxygen atoms in total. The number of aromatic nitrogens is 2. The van der Waals surface area contributed by atoms with Crippen LogP contribution in [0.2, 0.25) is 10.0 Å². The second-order valence-corrected chi connectivity index (χ2v) is 5.72. The molecule has 0 radical (unpaired) electrons. The molecule has 21 heavy (non-hydrogen) atoms. The first-order valence-corrected chi connectivity index (χ1v) is 7.64. The van der Waals surface area contributed by atoms with Gasteiger partial charge >= 0.3 is 0 Å². The molecular weight excluding hydrogens is 329 g/mol. The molecule has 0 bridgehead atoms. The average molecular weight is 340 g/mol. The van der Waals surface area contributed by atoms with Gasteiger partial charge in [0.05, 0.1) is 34.6 Å². The van der Waals surface area contributed by atoms with Crippen molar-refractivity contribution in [2.24, 2.45) is 0 Å². The summed E-state index contributed by atoms with van der Waals surface area (Å²) in [7, 11) is 1.59. The summed E-state index contributed by atoms with van der Waals surface area (Å²) in [6.07, 6.45) is 0. The van der Waals surface area contributed by atoms with Gasteiger partial charge in [-0.15, -0.1) is 0 Å². The Labute approximate surface area is 136 Å². The number of anilines is 1. The minimum absolute atomic E-state index is 0.580. The second kappa shape index (κ2) is 6.05. The number of hydrogen-bond donors (Lipinski definition) is 1. The van der Waals surface area contributed by atoms with Crippen LogP contribution in [0.15, 0.2) is 30.3 Å². The predicted molar refractivity (Wildman–Crippen MR) is 87.8 cm³/mol. The number of nitrogens with one attached hydrogen (secondary N) is 1. The number of hydrogen-bond acceptors (Lipinski definition) is 5. The van der Waals surface area contributed by atoms with Gasteiger partial charge in [0.1, 0.15) is 16.8 Å². The molecule has 0 aliphatic carbocycles. The van der Waals surface area contributed by atoms with Crippen LogP contribution in [0.25, 0.3) is 11.0 Å². The third kappa shape index (κ3) is 2.90. The molecule has 2 aromatic carbocycles. The number of halogens is 2. The zero-order valence-corrected chi connectivity index (χ0v) is 13.4. The van der Waals surface area contributed by atoms with Gasteiger partial charge in [-0.05, 0) is 29.8 Å². The fourth-order valence-corrected chi connectivity index (χ4v) is 3.05. The van der Waals surface area contributed by atoms with E-state index in [4.69, 9.17) is 27.9 Å². The zero-order valence-electron chi connectivity index (χ0n) is 11.1. The molecule has 108 valence electrons. The molecule has 0 amide bonds. The van der Waals surface area contributed by atoms with Crippen LogP contribution in [0.4, 0.5) is 5.69 Å². The molecule has 1 heterocycles. The van der Waals surface area contributed by atoms with E-state index in [0.29, 0.717) is 22.3 Å². The standard InChI is InChI=1S/C14H11Cl2N3OS/c1-20-12-5-2-8(6-10(12)16)7-17-13-9(15)3-4-11-14(13)19-21-18-11/h2-6,17H,7H2,1H3. The summed E-state index contributed by atoms with van der Waals surface area (Å²) in [6.45, 7) is 0.583. The normalized spacial score (nSPS) is 10.8. The molecule has 7 heteroatoms. The summed E-state index contributed by atoms with van der Waals surface area (Å²) in [5.74, 6) is 0.657. The molecule has 0 aliphatic heterocycles. The van der Waals surface area contributed by atoms with Crippen LogP contribution in [0.3, 0.4) is 0 Å². The lowest BCUT2D eigenvalue weighted by Crippen LogP contribution is -2.01. The van der Waals surface area contributed by atoms with E-state index < -0.39 is 0 Å². The third-order valence-corrected chi connectivity index (χ3v) is 4.22. The molecule has 3 rings (SSSR count). The van der Waals surface area contributed by atoms with E-state index >= 15 is 0 Å². The number of nitrogens with zero attached hydrogens (tertiary/aromatic N) is 2. The van der Waals surface area contributed by atoms with E-state index in [1.807, 2.05) is 30.3 Å². The Kier molecular flexibility index (Phi) is 4.14. The van der Waals surface area contributed by atoms with Crippen molar-refractivity contribution in [1.82, 2.24) is 8.75 Å². The zero-order chi connectivity index (χ0) is 14.8. The van der Waals surface area contributed by atoms with Crippen LogP contribution < -0.4 is 10.1 Å². The Bertz CT molecular complexity index is 791. The van der Waals surface area contributed by atoms with E-state index in [1.165, 1.54) is 11.7 Å².